The summed E-state index contributed by atoms with van der Waals surface area (Å²) >= 11 is 0. The maximum atomic E-state index is 14.5. The molecule has 0 aliphatic carbocycles. The van der Waals surface area contributed by atoms with E-state index in [2.05, 4.69) is 10.6 Å². The Labute approximate surface area is 282 Å². The fourth-order valence-electron chi connectivity index (χ4n) is 5.01. The van der Waals surface area contributed by atoms with Crippen molar-refractivity contribution in [1.82, 2.24) is 15.5 Å². The highest BCUT2D eigenvalue weighted by molar-refractivity contribution is 5.94. The van der Waals surface area contributed by atoms with Crippen LogP contribution in [0.5, 0.6) is 5.75 Å². The maximum Gasteiger partial charge on any atom is 0.408 e. The normalized spacial score (nSPS) is 13.4. The number of amides is 3. The van der Waals surface area contributed by atoms with Crippen LogP contribution in [0.25, 0.3) is 0 Å². The molecule has 3 unspecified atom stereocenters. The first-order chi connectivity index (χ1) is 22.6. The molecule has 0 aliphatic rings. The summed E-state index contributed by atoms with van der Waals surface area (Å²) in [5.41, 5.74) is -0.00235. The third kappa shape index (κ3) is 12.0. The molecule has 11 heteroatoms. The number of carbonyl (C=O) groups excluding carboxylic acids is 4. The van der Waals surface area contributed by atoms with Gasteiger partial charge in [0.1, 0.15) is 35.1 Å². The minimum atomic E-state index is -1.43. The lowest BCUT2D eigenvalue weighted by molar-refractivity contribution is -0.159. The molecule has 0 fully saturated rings. The van der Waals surface area contributed by atoms with Gasteiger partial charge in [-0.05, 0) is 70.4 Å². The number of hydrogen-bond donors (Lipinski definition) is 4. The first-order valence-corrected chi connectivity index (χ1v) is 15.9. The second-order valence-corrected chi connectivity index (χ2v) is 13.4. The van der Waals surface area contributed by atoms with E-state index in [1.165, 1.54) is 18.2 Å². The highest BCUT2D eigenvalue weighted by Gasteiger charge is 2.38. The SMILES string of the molecule is CC(C)(C)OC(=O)NC(Cc1ccccc1)C(=O)N(CCO)C(C(=O)NC(Cc1ccccc1)C(=O)OC(C)(C)C)c1cccc(O)c1. The van der Waals surface area contributed by atoms with Crippen molar-refractivity contribution in [2.75, 3.05) is 13.2 Å². The van der Waals surface area contributed by atoms with Crippen molar-refractivity contribution in [2.24, 2.45) is 0 Å². The monoisotopic (exact) mass is 661 g/mol. The largest absolute Gasteiger partial charge is 0.508 e. The summed E-state index contributed by atoms with van der Waals surface area (Å²) in [5.74, 6) is -2.30. The first kappa shape index (κ1) is 37.6. The Morgan fingerprint density at radius 2 is 1.27 bits per heavy atom. The summed E-state index contributed by atoms with van der Waals surface area (Å²) < 4.78 is 11.1. The van der Waals surface area contributed by atoms with Crippen LogP contribution >= 0.6 is 0 Å². The number of aliphatic hydroxyl groups excluding tert-OH is 1. The number of esters is 1. The number of ether oxygens (including phenoxy) is 2. The lowest BCUT2D eigenvalue weighted by Crippen LogP contribution is -2.56. The zero-order valence-electron chi connectivity index (χ0n) is 28.4. The summed E-state index contributed by atoms with van der Waals surface area (Å²) in [6, 6.07) is 20.1. The van der Waals surface area contributed by atoms with Crippen molar-refractivity contribution in [3.05, 3.63) is 102 Å². The molecule has 3 amide bonds. The minimum absolute atomic E-state index is 0.0454. The van der Waals surface area contributed by atoms with Gasteiger partial charge in [0.05, 0.1) is 6.61 Å². The van der Waals surface area contributed by atoms with Gasteiger partial charge in [-0.1, -0.05) is 72.8 Å². The molecular weight excluding hydrogens is 614 g/mol. The van der Waals surface area contributed by atoms with Gasteiger partial charge < -0.3 is 35.2 Å². The van der Waals surface area contributed by atoms with E-state index in [1.54, 1.807) is 71.9 Å². The molecule has 0 saturated heterocycles. The Hall–Kier alpha value is -4.90. The standard InChI is InChI=1S/C37H47N3O8/c1-36(2,3)47-34(45)30(23-26-16-11-8-12-17-26)38-32(43)31(27-18-13-19-28(42)24-27)40(20-21-41)33(44)29(22-25-14-9-7-10-15-25)39-35(46)48-37(4,5)6/h7-19,24,29-31,41-42H,20-23H2,1-6H3,(H,38,43)(H,39,46). The molecule has 3 aromatic rings. The molecule has 0 aromatic heterocycles. The third-order valence-electron chi connectivity index (χ3n) is 6.93. The van der Waals surface area contributed by atoms with Crippen LogP contribution in [0.2, 0.25) is 0 Å². The molecule has 48 heavy (non-hydrogen) atoms. The van der Waals surface area contributed by atoms with Gasteiger partial charge in [0.15, 0.2) is 0 Å². The van der Waals surface area contributed by atoms with E-state index >= 15 is 0 Å². The molecule has 0 heterocycles. The fraction of sp³-hybridized carbons (Fsp3) is 0.405. The van der Waals surface area contributed by atoms with Crippen molar-refractivity contribution in [1.29, 1.82) is 0 Å². The van der Waals surface area contributed by atoms with Crippen molar-refractivity contribution in [3.8, 4) is 5.75 Å². The van der Waals surface area contributed by atoms with Crippen LogP contribution in [0.1, 0.15) is 64.3 Å². The van der Waals surface area contributed by atoms with E-state index in [0.29, 0.717) is 0 Å². The van der Waals surface area contributed by atoms with Crippen molar-refractivity contribution in [3.63, 3.8) is 0 Å². The molecule has 0 radical (unpaired) electrons. The zero-order valence-corrected chi connectivity index (χ0v) is 28.4. The number of phenolic OH excluding ortho intramolecular Hbond substituents is 1. The van der Waals surface area contributed by atoms with Gasteiger partial charge in [0.25, 0.3) is 0 Å². The number of rotatable bonds is 13. The number of benzene rings is 3. The first-order valence-electron chi connectivity index (χ1n) is 15.9. The molecule has 0 bridgehead atoms. The molecule has 3 atom stereocenters. The summed E-state index contributed by atoms with van der Waals surface area (Å²) in [4.78, 5) is 56.3. The number of aromatic hydroxyl groups is 1. The van der Waals surface area contributed by atoms with Gasteiger partial charge in [-0.3, -0.25) is 9.59 Å². The molecule has 0 aliphatic heterocycles. The molecule has 258 valence electrons. The van der Waals surface area contributed by atoms with Crippen molar-refractivity contribution >= 4 is 23.9 Å². The van der Waals surface area contributed by atoms with Gasteiger partial charge in [-0.15, -0.1) is 0 Å². The number of carbonyl (C=O) groups is 4. The van der Waals surface area contributed by atoms with Gasteiger partial charge in [-0.25, -0.2) is 9.59 Å². The topological polar surface area (TPSA) is 154 Å². The number of nitrogens with one attached hydrogen (secondary N) is 2. The Balaban J connectivity index is 2.07. The van der Waals surface area contributed by atoms with Crippen LogP contribution in [-0.2, 0) is 36.7 Å². The van der Waals surface area contributed by atoms with E-state index in [1.807, 2.05) is 36.4 Å². The highest BCUT2D eigenvalue weighted by atomic mass is 16.6. The van der Waals surface area contributed by atoms with E-state index in [4.69, 9.17) is 9.47 Å². The van der Waals surface area contributed by atoms with Crippen LogP contribution in [-0.4, -0.2) is 75.4 Å². The molecule has 3 rings (SSSR count). The summed E-state index contributed by atoms with van der Waals surface area (Å²) in [7, 11) is 0. The molecule has 4 N–H and O–H groups in total. The highest BCUT2D eigenvalue weighted by Crippen LogP contribution is 2.27. The second-order valence-electron chi connectivity index (χ2n) is 13.4. The molecule has 3 aromatic carbocycles. The average Bonchev–Trinajstić information content (AvgIpc) is 2.99. The Morgan fingerprint density at radius 1 is 0.729 bits per heavy atom. The molecular formula is C37H47N3O8. The Kier molecular flexibility index (Phi) is 13.1. The van der Waals surface area contributed by atoms with Gasteiger partial charge >= 0.3 is 12.1 Å². The fourth-order valence-corrected chi connectivity index (χ4v) is 5.01. The molecule has 0 spiro atoms. The zero-order chi connectivity index (χ0) is 35.5. The van der Waals surface area contributed by atoms with E-state index < -0.39 is 59.8 Å². The van der Waals surface area contributed by atoms with Gasteiger partial charge in [0.2, 0.25) is 11.8 Å². The van der Waals surface area contributed by atoms with Gasteiger partial charge in [-0.2, -0.15) is 0 Å². The lowest BCUT2D eigenvalue weighted by Gasteiger charge is -2.35. The molecule has 0 saturated carbocycles. The van der Waals surface area contributed by atoms with Crippen LogP contribution in [0, 0.1) is 0 Å². The van der Waals surface area contributed by atoms with Crippen LogP contribution < -0.4 is 10.6 Å². The smallest absolute Gasteiger partial charge is 0.408 e. The maximum absolute atomic E-state index is 14.5. The summed E-state index contributed by atoms with van der Waals surface area (Å²) in [5, 5.41) is 26.0. The van der Waals surface area contributed by atoms with Gasteiger partial charge in [0, 0.05) is 19.4 Å². The Morgan fingerprint density at radius 3 is 1.77 bits per heavy atom. The second kappa shape index (κ2) is 16.8. The predicted molar refractivity (Wildman–Crippen MR) is 181 cm³/mol. The lowest BCUT2D eigenvalue weighted by atomic mass is 9.99. The minimum Gasteiger partial charge on any atom is -0.508 e. The number of hydrogen-bond acceptors (Lipinski definition) is 8. The number of alkyl carbamates (subject to hydrolysis) is 1. The summed E-state index contributed by atoms with van der Waals surface area (Å²) in [6.45, 7) is 9.38. The number of phenols is 1. The van der Waals surface area contributed by atoms with Crippen molar-refractivity contribution in [2.45, 2.75) is 83.7 Å². The quantitative estimate of drug-likeness (QED) is 0.196. The van der Waals surface area contributed by atoms with E-state index in [-0.39, 0.29) is 30.7 Å². The molecule has 11 nitrogen and oxygen atoms in total. The summed E-state index contributed by atoms with van der Waals surface area (Å²) in [6.07, 6.45) is -0.699. The van der Waals surface area contributed by atoms with E-state index in [0.717, 1.165) is 16.0 Å². The number of nitrogens with zero attached hydrogens (tertiary/aromatic N) is 1. The van der Waals surface area contributed by atoms with Crippen LogP contribution in [0.3, 0.4) is 0 Å². The van der Waals surface area contributed by atoms with Crippen molar-refractivity contribution < 1.29 is 38.9 Å². The number of aliphatic hydroxyl groups is 1. The van der Waals surface area contributed by atoms with Crippen LogP contribution in [0.4, 0.5) is 4.79 Å². The predicted octanol–water partition coefficient (Wildman–Crippen LogP) is 4.46. The van der Waals surface area contributed by atoms with Crippen LogP contribution in [0.15, 0.2) is 84.9 Å². The Bertz CT molecular complexity index is 1520. The third-order valence-corrected chi connectivity index (χ3v) is 6.93. The van der Waals surface area contributed by atoms with E-state index in [9.17, 15) is 29.4 Å². The average molecular weight is 662 g/mol.